The summed E-state index contributed by atoms with van der Waals surface area (Å²) in [5.74, 6) is -0.720. The quantitative estimate of drug-likeness (QED) is 0.461. The van der Waals surface area contributed by atoms with Gasteiger partial charge in [-0.15, -0.1) is 0 Å². The van der Waals surface area contributed by atoms with E-state index in [9.17, 15) is 14.0 Å². The first kappa shape index (κ1) is 18.1. The van der Waals surface area contributed by atoms with Crippen LogP contribution in [0.15, 0.2) is 53.6 Å². The number of carbonyl (C=O) groups excluding carboxylic acids is 2. The lowest BCUT2D eigenvalue weighted by Crippen LogP contribution is -2.24. The SMILES string of the molecule is CCOc1ccc(C=NNC(=O)CC(=O)Nc2ccc(F)cc2)cc1. The molecule has 2 rings (SSSR count). The lowest BCUT2D eigenvalue weighted by molar-refractivity contribution is -0.126. The third-order valence-corrected chi connectivity index (χ3v) is 3.04. The van der Waals surface area contributed by atoms with Gasteiger partial charge in [0.15, 0.2) is 0 Å². The molecule has 2 aromatic rings. The summed E-state index contributed by atoms with van der Waals surface area (Å²) in [7, 11) is 0. The average Bonchev–Trinajstić information content (AvgIpc) is 2.59. The highest BCUT2D eigenvalue weighted by Gasteiger charge is 2.08. The minimum Gasteiger partial charge on any atom is -0.494 e. The maximum atomic E-state index is 12.8. The largest absolute Gasteiger partial charge is 0.494 e. The zero-order chi connectivity index (χ0) is 18.1. The Morgan fingerprint density at radius 3 is 2.40 bits per heavy atom. The molecule has 0 aliphatic rings. The molecule has 0 unspecified atom stereocenters. The third kappa shape index (κ3) is 6.42. The molecule has 2 N–H and O–H groups in total. The van der Waals surface area contributed by atoms with Crippen LogP contribution < -0.4 is 15.5 Å². The molecule has 0 aliphatic heterocycles. The van der Waals surface area contributed by atoms with Crippen molar-refractivity contribution in [1.29, 1.82) is 0 Å². The summed E-state index contributed by atoms with van der Waals surface area (Å²) in [6.45, 7) is 2.49. The van der Waals surface area contributed by atoms with E-state index < -0.39 is 24.1 Å². The van der Waals surface area contributed by atoms with Crippen LogP contribution in [0.25, 0.3) is 0 Å². The fourth-order valence-electron chi connectivity index (χ4n) is 1.92. The van der Waals surface area contributed by atoms with Gasteiger partial charge in [-0.2, -0.15) is 5.10 Å². The van der Waals surface area contributed by atoms with Crippen molar-refractivity contribution in [3.05, 3.63) is 59.9 Å². The lowest BCUT2D eigenvalue weighted by Gasteiger charge is -2.04. The molecule has 0 saturated carbocycles. The van der Waals surface area contributed by atoms with Crippen molar-refractivity contribution in [2.75, 3.05) is 11.9 Å². The number of anilines is 1. The first-order valence-corrected chi connectivity index (χ1v) is 7.67. The van der Waals surface area contributed by atoms with Crippen LogP contribution in [0.2, 0.25) is 0 Å². The van der Waals surface area contributed by atoms with Gasteiger partial charge in [-0.05, 0) is 61.0 Å². The number of halogens is 1. The molecule has 0 bridgehead atoms. The molecule has 0 aliphatic carbocycles. The van der Waals surface area contributed by atoms with Gasteiger partial charge in [0.1, 0.15) is 18.0 Å². The molecular formula is C18H18FN3O3. The number of rotatable bonds is 7. The van der Waals surface area contributed by atoms with E-state index in [1.54, 1.807) is 24.3 Å². The molecule has 130 valence electrons. The van der Waals surface area contributed by atoms with Gasteiger partial charge in [-0.25, -0.2) is 9.82 Å². The Labute approximate surface area is 144 Å². The predicted molar refractivity (Wildman–Crippen MR) is 93.0 cm³/mol. The van der Waals surface area contributed by atoms with Crippen LogP contribution >= 0.6 is 0 Å². The fraction of sp³-hybridized carbons (Fsp3) is 0.167. The molecule has 0 saturated heterocycles. The molecule has 0 atom stereocenters. The van der Waals surface area contributed by atoms with Crippen LogP contribution in [0.1, 0.15) is 18.9 Å². The van der Waals surface area contributed by atoms with Crippen molar-refractivity contribution in [2.24, 2.45) is 5.10 Å². The number of carbonyl (C=O) groups is 2. The number of nitrogens with one attached hydrogen (secondary N) is 2. The zero-order valence-corrected chi connectivity index (χ0v) is 13.7. The van der Waals surface area contributed by atoms with Gasteiger partial charge in [-0.1, -0.05) is 0 Å². The Morgan fingerprint density at radius 1 is 1.08 bits per heavy atom. The van der Waals surface area contributed by atoms with Gasteiger partial charge in [0, 0.05) is 5.69 Å². The Hall–Kier alpha value is -3.22. The smallest absolute Gasteiger partial charge is 0.249 e. The van der Waals surface area contributed by atoms with E-state index in [1.165, 1.54) is 30.5 Å². The van der Waals surface area contributed by atoms with Gasteiger partial charge < -0.3 is 10.1 Å². The Balaban J connectivity index is 1.77. The highest BCUT2D eigenvalue weighted by atomic mass is 19.1. The van der Waals surface area contributed by atoms with Crippen LogP contribution in [-0.4, -0.2) is 24.6 Å². The van der Waals surface area contributed by atoms with E-state index in [0.29, 0.717) is 12.3 Å². The second kappa shape index (κ2) is 9.17. The van der Waals surface area contributed by atoms with Gasteiger partial charge in [0.05, 0.1) is 12.8 Å². The average molecular weight is 343 g/mol. The highest BCUT2D eigenvalue weighted by molar-refractivity contribution is 6.03. The molecule has 0 radical (unpaired) electrons. The fourth-order valence-corrected chi connectivity index (χ4v) is 1.92. The first-order valence-electron chi connectivity index (χ1n) is 7.67. The van der Waals surface area contributed by atoms with Crippen LogP contribution in [0.3, 0.4) is 0 Å². The summed E-state index contributed by atoms with van der Waals surface area (Å²) >= 11 is 0. The molecule has 7 heteroatoms. The Bertz CT molecular complexity index is 743. The molecule has 2 aromatic carbocycles. The molecule has 6 nitrogen and oxygen atoms in total. The van der Waals surface area contributed by atoms with Crippen molar-refractivity contribution >= 4 is 23.7 Å². The van der Waals surface area contributed by atoms with E-state index in [0.717, 1.165) is 11.3 Å². The summed E-state index contributed by atoms with van der Waals surface area (Å²) in [6, 6.07) is 12.4. The Morgan fingerprint density at radius 2 is 1.76 bits per heavy atom. The molecule has 0 fully saturated rings. The number of nitrogens with zero attached hydrogens (tertiary/aromatic N) is 1. The number of amides is 2. The summed E-state index contributed by atoms with van der Waals surface area (Å²) in [5.41, 5.74) is 3.47. The number of hydrazone groups is 1. The van der Waals surface area contributed by atoms with E-state index in [4.69, 9.17) is 4.74 Å². The van der Waals surface area contributed by atoms with E-state index in [1.807, 2.05) is 6.92 Å². The first-order chi connectivity index (χ1) is 12.1. The number of benzene rings is 2. The van der Waals surface area contributed by atoms with Crippen molar-refractivity contribution in [1.82, 2.24) is 5.43 Å². The predicted octanol–water partition coefficient (Wildman–Crippen LogP) is 2.70. The summed E-state index contributed by atoms with van der Waals surface area (Å²) in [6.07, 6.45) is 1.07. The van der Waals surface area contributed by atoms with Gasteiger partial charge >= 0.3 is 0 Å². The van der Waals surface area contributed by atoms with E-state index in [2.05, 4.69) is 15.8 Å². The van der Waals surface area contributed by atoms with Crippen LogP contribution in [0, 0.1) is 5.82 Å². The Kier molecular flexibility index (Phi) is 6.65. The monoisotopic (exact) mass is 343 g/mol. The number of hydrogen-bond donors (Lipinski definition) is 2. The van der Waals surface area contributed by atoms with Crippen molar-refractivity contribution < 1.29 is 18.7 Å². The topological polar surface area (TPSA) is 79.8 Å². The summed E-state index contributed by atoms with van der Waals surface area (Å²) in [4.78, 5) is 23.4. The van der Waals surface area contributed by atoms with E-state index >= 15 is 0 Å². The van der Waals surface area contributed by atoms with Gasteiger partial charge in [-0.3, -0.25) is 9.59 Å². The van der Waals surface area contributed by atoms with E-state index in [-0.39, 0.29) is 0 Å². The second-order valence-electron chi connectivity index (χ2n) is 5.03. The lowest BCUT2D eigenvalue weighted by atomic mass is 10.2. The molecule has 0 aromatic heterocycles. The van der Waals surface area contributed by atoms with Gasteiger partial charge in [0.25, 0.3) is 0 Å². The molecule has 2 amide bonds. The maximum absolute atomic E-state index is 12.8. The maximum Gasteiger partial charge on any atom is 0.249 e. The van der Waals surface area contributed by atoms with Gasteiger partial charge in [0.2, 0.25) is 11.8 Å². The summed E-state index contributed by atoms with van der Waals surface area (Å²) in [5, 5.41) is 6.29. The number of ether oxygens (including phenoxy) is 1. The van der Waals surface area contributed by atoms with Crippen molar-refractivity contribution in [3.63, 3.8) is 0 Å². The minimum absolute atomic E-state index is 0.391. The van der Waals surface area contributed by atoms with Crippen LogP contribution in [0.4, 0.5) is 10.1 Å². The molecular weight excluding hydrogens is 325 g/mol. The standard InChI is InChI=1S/C18H18FN3O3/c1-2-25-16-9-3-13(4-10-16)12-20-22-18(24)11-17(23)21-15-7-5-14(19)6-8-15/h3-10,12H,2,11H2,1H3,(H,21,23)(H,22,24). The van der Waals surface area contributed by atoms with Crippen molar-refractivity contribution in [2.45, 2.75) is 13.3 Å². The minimum atomic E-state index is -0.554. The third-order valence-electron chi connectivity index (χ3n) is 3.04. The molecule has 0 heterocycles. The van der Waals surface area contributed by atoms with Crippen molar-refractivity contribution in [3.8, 4) is 5.75 Å². The second-order valence-corrected chi connectivity index (χ2v) is 5.03. The zero-order valence-electron chi connectivity index (χ0n) is 13.7. The highest BCUT2D eigenvalue weighted by Crippen LogP contribution is 2.11. The molecule has 0 spiro atoms. The summed E-state index contributed by atoms with van der Waals surface area (Å²) < 4.78 is 18.1. The molecule has 25 heavy (non-hydrogen) atoms. The number of hydrogen-bond acceptors (Lipinski definition) is 4. The van der Waals surface area contributed by atoms with Crippen LogP contribution in [-0.2, 0) is 9.59 Å². The van der Waals surface area contributed by atoms with Crippen LogP contribution in [0.5, 0.6) is 5.75 Å². The normalized spacial score (nSPS) is 10.5.